The molecule has 1 fully saturated rings. The minimum absolute atomic E-state index is 0.0151. The van der Waals surface area contributed by atoms with Gasteiger partial charge in [-0.05, 0) is 24.3 Å². The highest BCUT2D eigenvalue weighted by Crippen LogP contribution is 2.44. The van der Waals surface area contributed by atoms with Crippen LogP contribution in [0.5, 0.6) is 17.2 Å². The van der Waals surface area contributed by atoms with Gasteiger partial charge in [-0.25, -0.2) is 4.79 Å². The van der Waals surface area contributed by atoms with Crippen molar-refractivity contribution < 1.29 is 41.7 Å². The van der Waals surface area contributed by atoms with E-state index in [2.05, 4.69) is 5.32 Å². The maximum absolute atomic E-state index is 12.9. The lowest BCUT2D eigenvalue weighted by atomic mass is 10.0. The van der Waals surface area contributed by atoms with Gasteiger partial charge in [-0.1, -0.05) is 23.7 Å². The fourth-order valence-corrected chi connectivity index (χ4v) is 4.24. The number of fused-ring (bicyclic) bond motifs is 1. The van der Waals surface area contributed by atoms with Crippen LogP contribution >= 0.6 is 11.6 Å². The fourth-order valence-electron chi connectivity index (χ4n) is 4.08. The molecule has 2 aromatic carbocycles. The Balaban J connectivity index is 1.40. The van der Waals surface area contributed by atoms with Crippen LogP contribution in [0.4, 0.5) is 13.2 Å². The van der Waals surface area contributed by atoms with Gasteiger partial charge in [0.25, 0.3) is 11.7 Å². The van der Waals surface area contributed by atoms with Crippen molar-refractivity contribution in [3.05, 3.63) is 53.1 Å². The number of esters is 1. The molecule has 1 amide bonds. The van der Waals surface area contributed by atoms with Crippen molar-refractivity contribution in [2.24, 2.45) is 0 Å². The Hall–Kier alpha value is -3.18. The number of piperidine rings is 1. The molecule has 0 unspecified atom stereocenters. The number of ether oxygens (including phenoxy) is 4. The average molecular weight is 529 g/mol. The lowest BCUT2D eigenvalue weighted by Crippen LogP contribution is -2.52. The van der Waals surface area contributed by atoms with E-state index in [-0.39, 0.29) is 24.5 Å². The fraction of sp³-hybridized carbons (Fsp3) is 0.417. The molecule has 1 N–H and O–H groups in total. The summed E-state index contributed by atoms with van der Waals surface area (Å²) in [7, 11) is 1.45. The molecule has 0 bridgehead atoms. The number of benzene rings is 2. The van der Waals surface area contributed by atoms with Gasteiger partial charge in [0, 0.05) is 50.6 Å². The summed E-state index contributed by atoms with van der Waals surface area (Å²) < 4.78 is 61.1. The molecule has 2 aromatic rings. The summed E-state index contributed by atoms with van der Waals surface area (Å²) in [5.74, 6) is -2.34. The van der Waals surface area contributed by atoms with Gasteiger partial charge >= 0.3 is 12.1 Å². The number of rotatable bonds is 7. The van der Waals surface area contributed by atoms with Crippen LogP contribution in [0, 0.1) is 0 Å². The Kier molecular flexibility index (Phi) is 7.51. The molecule has 0 aliphatic carbocycles. The third-order valence-corrected chi connectivity index (χ3v) is 6.10. The van der Waals surface area contributed by atoms with Crippen LogP contribution in [0.25, 0.3) is 0 Å². The number of likely N-dealkylation sites (tertiary alicyclic amines) is 1. The number of carbonyl (C=O) groups excluding carboxylic acids is 2. The molecule has 4 rings (SSSR count). The number of alkyl halides is 3. The Morgan fingerprint density at radius 1 is 1.14 bits per heavy atom. The lowest BCUT2D eigenvalue weighted by Gasteiger charge is -2.38. The summed E-state index contributed by atoms with van der Waals surface area (Å²) in [6.07, 6.45) is -5.53. The largest absolute Gasteiger partial charge is 0.490 e. The maximum Gasteiger partial charge on any atom is 0.490 e. The molecule has 12 heteroatoms. The van der Waals surface area contributed by atoms with E-state index in [0.717, 1.165) is 0 Å². The number of halogens is 4. The Bertz CT molecular complexity index is 1120. The molecule has 194 valence electrons. The molecular formula is C24H24ClF3N2O6. The number of nitrogens with zero attached hydrogens (tertiary/aromatic N) is 1. The van der Waals surface area contributed by atoms with E-state index in [4.69, 9.17) is 30.5 Å². The molecule has 0 aromatic heterocycles. The Morgan fingerprint density at radius 3 is 2.53 bits per heavy atom. The van der Waals surface area contributed by atoms with Gasteiger partial charge in [0.05, 0.1) is 5.56 Å². The van der Waals surface area contributed by atoms with Crippen molar-refractivity contribution in [1.29, 1.82) is 0 Å². The van der Waals surface area contributed by atoms with Crippen LogP contribution in [0.3, 0.4) is 0 Å². The Labute approximate surface area is 210 Å². The van der Waals surface area contributed by atoms with Crippen LogP contribution < -0.4 is 19.5 Å². The second-order valence-electron chi connectivity index (χ2n) is 8.42. The highest BCUT2D eigenvalue weighted by Gasteiger charge is 2.46. The highest BCUT2D eigenvalue weighted by atomic mass is 35.5. The van der Waals surface area contributed by atoms with Crippen LogP contribution in [0.15, 0.2) is 42.5 Å². The summed E-state index contributed by atoms with van der Waals surface area (Å²) in [5.41, 5.74) is 0.205. The van der Waals surface area contributed by atoms with E-state index in [1.165, 1.54) is 19.2 Å². The summed E-state index contributed by atoms with van der Waals surface area (Å²) in [6, 6.07) is 11.4. The van der Waals surface area contributed by atoms with E-state index in [9.17, 15) is 22.8 Å². The third-order valence-electron chi connectivity index (χ3n) is 5.87. The van der Waals surface area contributed by atoms with Gasteiger partial charge in [0.2, 0.25) is 0 Å². The topological polar surface area (TPSA) is 86.3 Å². The van der Waals surface area contributed by atoms with Crippen LogP contribution in [-0.2, 0) is 9.53 Å². The molecule has 2 heterocycles. The second kappa shape index (κ2) is 10.4. The summed E-state index contributed by atoms with van der Waals surface area (Å²) in [5, 5.41) is 2.98. The molecule has 1 spiro atoms. The van der Waals surface area contributed by atoms with Gasteiger partial charge in [0.15, 0.2) is 11.5 Å². The monoisotopic (exact) mass is 528 g/mol. The van der Waals surface area contributed by atoms with E-state index >= 15 is 0 Å². The first-order chi connectivity index (χ1) is 17.1. The zero-order valence-corrected chi connectivity index (χ0v) is 20.0. The van der Waals surface area contributed by atoms with Crippen LogP contribution in [0.2, 0.25) is 5.02 Å². The van der Waals surface area contributed by atoms with Crippen molar-refractivity contribution in [2.45, 2.75) is 30.9 Å². The van der Waals surface area contributed by atoms with Gasteiger partial charge in [-0.15, -0.1) is 0 Å². The predicted octanol–water partition coefficient (Wildman–Crippen LogP) is 3.82. The minimum atomic E-state index is -5.15. The molecule has 36 heavy (non-hydrogen) atoms. The number of amides is 1. The number of nitrogens with one attached hydrogen (secondary N) is 1. The van der Waals surface area contributed by atoms with Crippen molar-refractivity contribution in [3.8, 4) is 17.2 Å². The number of para-hydroxylation sites is 1. The van der Waals surface area contributed by atoms with E-state index < -0.39 is 29.9 Å². The third kappa shape index (κ3) is 5.96. The highest BCUT2D eigenvalue weighted by molar-refractivity contribution is 6.30. The molecule has 1 saturated heterocycles. The lowest BCUT2D eigenvalue weighted by molar-refractivity contribution is -0.207. The Morgan fingerprint density at radius 2 is 1.83 bits per heavy atom. The molecule has 1 atom stereocenters. The SMILES string of the molecule is CNC(=O)c1ccccc1OC[C@H](CN1CCC2(CC1)Oc1ccc(Cl)cc1O2)OC(=O)C(F)(F)F. The van der Waals surface area contributed by atoms with Crippen molar-refractivity contribution >= 4 is 23.5 Å². The van der Waals surface area contributed by atoms with Gasteiger partial charge in [0.1, 0.15) is 18.5 Å². The van der Waals surface area contributed by atoms with Crippen molar-refractivity contribution in [1.82, 2.24) is 10.2 Å². The van der Waals surface area contributed by atoms with E-state index in [1.807, 2.05) is 4.90 Å². The van der Waals surface area contributed by atoms with Crippen molar-refractivity contribution in [3.63, 3.8) is 0 Å². The van der Waals surface area contributed by atoms with Crippen LogP contribution in [0.1, 0.15) is 23.2 Å². The number of carbonyl (C=O) groups is 2. The zero-order chi connectivity index (χ0) is 25.9. The predicted molar refractivity (Wildman–Crippen MR) is 122 cm³/mol. The normalized spacial score (nSPS) is 17.5. The van der Waals surface area contributed by atoms with E-state index in [1.54, 1.807) is 30.3 Å². The van der Waals surface area contributed by atoms with Gasteiger partial charge < -0.3 is 24.3 Å². The summed E-state index contributed by atoms with van der Waals surface area (Å²) in [6.45, 7) is 0.431. The first kappa shape index (κ1) is 25.9. The molecular weight excluding hydrogens is 505 g/mol. The first-order valence-corrected chi connectivity index (χ1v) is 11.6. The summed E-state index contributed by atoms with van der Waals surface area (Å²) in [4.78, 5) is 25.5. The quantitative estimate of drug-likeness (QED) is 0.547. The van der Waals surface area contributed by atoms with Gasteiger partial charge in [-0.2, -0.15) is 13.2 Å². The average Bonchev–Trinajstić information content (AvgIpc) is 3.19. The minimum Gasteiger partial charge on any atom is -0.489 e. The van der Waals surface area contributed by atoms with Gasteiger partial charge in [-0.3, -0.25) is 9.69 Å². The number of hydrogen-bond acceptors (Lipinski definition) is 7. The molecule has 2 aliphatic rings. The summed E-state index contributed by atoms with van der Waals surface area (Å²) >= 11 is 6.01. The van der Waals surface area contributed by atoms with Crippen molar-refractivity contribution in [2.75, 3.05) is 33.3 Å². The molecule has 0 radical (unpaired) electrons. The number of hydrogen-bond donors (Lipinski definition) is 1. The maximum atomic E-state index is 12.9. The molecule has 2 aliphatic heterocycles. The standard InChI is InChI=1S/C24H24ClF3N2O6/c1-29-21(31)17-4-2-3-5-18(17)33-14-16(34-22(32)24(26,27)28)13-30-10-8-23(9-11-30)35-19-7-6-15(25)12-20(19)36-23/h2-7,12,16H,8-11,13-14H2,1H3,(H,29,31)/t16-/m0/s1. The first-order valence-electron chi connectivity index (χ1n) is 11.2. The van der Waals surface area contributed by atoms with Crippen LogP contribution in [-0.4, -0.2) is 68.1 Å². The smallest absolute Gasteiger partial charge is 0.489 e. The zero-order valence-electron chi connectivity index (χ0n) is 19.3. The van der Waals surface area contributed by atoms with E-state index in [0.29, 0.717) is 42.5 Å². The molecule has 8 nitrogen and oxygen atoms in total. The second-order valence-corrected chi connectivity index (χ2v) is 8.85. The molecule has 0 saturated carbocycles.